The summed E-state index contributed by atoms with van der Waals surface area (Å²) in [4.78, 5) is 16.5. The van der Waals surface area contributed by atoms with Gasteiger partial charge in [-0.2, -0.15) is 13.2 Å². The number of fused-ring (bicyclic) bond motifs is 1. The molecule has 146 valence electrons. The van der Waals surface area contributed by atoms with E-state index in [9.17, 15) is 18.0 Å². The van der Waals surface area contributed by atoms with Crippen molar-refractivity contribution in [2.45, 2.75) is 24.7 Å². The van der Waals surface area contributed by atoms with Gasteiger partial charge in [-0.3, -0.25) is 4.79 Å². The van der Waals surface area contributed by atoms with E-state index >= 15 is 0 Å². The van der Waals surface area contributed by atoms with Crippen molar-refractivity contribution in [2.24, 2.45) is 0 Å². The van der Waals surface area contributed by atoms with E-state index in [1.807, 2.05) is 30.3 Å². The molecule has 3 aromatic rings. The van der Waals surface area contributed by atoms with Crippen LogP contribution in [0, 0.1) is 0 Å². The molecule has 0 aliphatic carbocycles. The standard InChI is InChI=1S/C20H16ClF3N2OS/c1-11(27)16-18(25-10-12-6-4-3-5-7-12)14-8-13(21)9-15(20(22,23)24)17(14)26-19(16)28-2/h3-9H,10H2,1-2H3,(H,25,26). The monoisotopic (exact) mass is 424 g/mol. The van der Waals surface area contributed by atoms with Crippen LogP contribution in [-0.4, -0.2) is 17.0 Å². The molecular weight excluding hydrogens is 409 g/mol. The second kappa shape index (κ2) is 8.01. The molecule has 28 heavy (non-hydrogen) atoms. The van der Waals surface area contributed by atoms with Crippen LogP contribution in [0.2, 0.25) is 5.02 Å². The maximum absolute atomic E-state index is 13.6. The molecule has 0 radical (unpaired) electrons. The number of nitrogens with zero attached hydrogens (tertiary/aromatic N) is 1. The van der Waals surface area contributed by atoms with Crippen LogP contribution in [-0.2, 0) is 12.7 Å². The number of anilines is 1. The first kappa shape index (κ1) is 20.5. The Morgan fingerprint density at radius 3 is 2.46 bits per heavy atom. The van der Waals surface area contributed by atoms with Gasteiger partial charge in [0.25, 0.3) is 0 Å². The second-order valence-electron chi connectivity index (χ2n) is 6.11. The molecule has 0 bridgehead atoms. The molecule has 0 saturated heterocycles. The molecule has 0 amide bonds. The number of hydrogen-bond acceptors (Lipinski definition) is 4. The average molecular weight is 425 g/mol. The van der Waals surface area contributed by atoms with E-state index in [4.69, 9.17) is 11.6 Å². The number of nitrogens with one attached hydrogen (secondary N) is 1. The number of alkyl halides is 3. The van der Waals surface area contributed by atoms with Crippen LogP contribution in [0.5, 0.6) is 0 Å². The lowest BCUT2D eigenvalue weighted by Crippen LogP contribution is -2.12. The number of halogens is 4. The van der Waals surface area contributed by atoms with Crippen molar-refractivity contribution in [1.82, 2.24) is 4.98 Å². The summed E-state index contributed by atoms with van der Waals surface area (Å²) in [6.07, 6.45) is -2.95. The van der Waals surface area contributed by atoms with Crippen LogP contribution in [0.4, 0.5) is 18.9 Å². The van der Waals surface area contributed by atoms with Gasteiger partial charge in [0, 0.05) is 17.0 Å². The Balaban J connectivity index is 2.29. The summed E-state index contributed by atoms with van der Waals surface area (Å²) in [5.41, 5.74) is 0.320. The smallest absolute Gasteiger partial charge is 0.380 e. The predicted octanol–water partition coefficient (Wildman–Crippen LogP) is 6.44. The minimum absolute atomic E-state index is 0.0733. The van der Waals surface area contributed by atoms with Crippen molar-refractivity contribution < 1.29 is 18.0 Å². The lowest BCUT2D eigenvalue weighted by Gasteiger charge is -2.19. The highest BCUT2D eigenvalue weighted by atomic mass is 35.5. The molecule has 1 aromatic heterocycles. The maximum atomic E-state index is 13.6. The Hall–Kier alpha value is -2.25. The number of Topliss-reactive ketones (excluding diaryl/α,β-unsaturated/α-hetero) is 1. The number of carbonyl (C=O) groups excluding carboxylic acids is 1. The van der Waals surface area contributed by atoms with Gasteiger partial charge in [0.15, 0.2) is 5.78 Å². The lowest BCUT2D eigenvalue weighted by molar-refractivity contribution is -0.136. The molecule has 0 aliphatic heterocycles. The summed E-state index contributed by atoms with van der Waals surface area (Å²) in [5, 5.41) is 3.47. The fourth-order valence-corrected chi connectivity index (χ4v) is 3.82. The van der Waals surface area contributed by atoms with Gasteiger partial charge in [0.2, 0.25) is 0 Å². The zero-order valence-electron chi connectivity index (χ0n) is 15.0. The number of ketones is 1. The number of hydrogen-bond donors (Lipinski definition) is 1. The maximum Gasteiger partial charge on any atom is 0.418 e. The first-order chi connectivity index (χ1) is 13.2. The minimum Gasteiger partial charge on any atom is -0.380 e. The molecule has 0 aliphatic rings. The van der Waals surface area contributed by atoms with Crippen molar-refractivity contribution >= 4 is 45.7 Å². The molecule has 2 aromatic carbocycles. The van der Waals surface area contributed by atoms with E-state index in [-0.39, 0.29) is 32.3 Å². The van der Waals surface area contributed by atoms with Crippen molar-refractivity contribution in [1.29, 1.82) is 0 Å². The average Bonchev–Trinajstić information content (AvgIpc) is 2.64. The molecule has 0 fully saturated rings. The van der Waals surface area contributed by atoms with Gasteiger partial charge in [-0.05, 0) is 30.9 Å². The molecule has 0 spiro atoms. The van der Waals surface area contributed by atoms with Gasteiger partial charge in [0.1, 0.15) is 5.03 Å². The number of carbonyl (C=O) groups is 1. The third kappa shape index (κ3) is 4.10. The highest BCUT2D eigenvalue weighted by molar-refractivity contribution is 7.98. The summed E-state index contributed by atoms with van der Waals surface area (Å²) in [6, 6.07) is 11.6. The van der Waals surface area contributed by atoms with E-state index in [0.29, 0.717) is 12.2 Å². The van der Waals surface area contributed by atoms with E-state index in [2.05, 4.69) is 10.3 Å². The van der Waals surface area contributed by atoms with Crippen LogP contribution in [0.15, 0.2) is 47.5 Å². The molecule has 3 nitrogen and oxygen atoms in total. The Morgan fingerprint density at radius 2 is 1.89 bits per heavy atom. The van der Waals surface area contributed by atoms with E-state index in [1.54, 1.807) is 6.26 Å². The fraction of sp³-hybridized carbons (Fsp3) is 0.200. The molecular formula is C20H16ClF3N2OS. The molecule has 0 saturated carbocycles. The Kier molecular flexibility index (Phi) is 5.86. The van der Waals surface area contributed by atoms with Gasteiger partial charge in [0.05, 0.1) is 22.3 Å². The Labute approximate surface area is 169 Å². The van der Waals surface area contributed by atoms with Crippen LogP contribution >= 0.6 is 23.4 Å². The normalized spacial score (nSPS) is 11.6. The lowest BCUT2D eigenvalue weighted by atomic mass is 10.0. The van der Waals surface area contributed by atoms with Crippen molar-refractivity contribution in [3.63, 3.8) is 0 Å². The first-order valence-corrected chi connectivity index (χ1v) is 9.89. The zero-order valence-corrected chi connectivity index (χ0v) is 16.6. The highest BCUT2D eigenvalue weighted by Gasteiger charge is 2.35. The third-order valence-corrected chi connectivity index (χ3v) is 5.08. The van der Waals surface area contributed by atoms with Gasteiger partial charge in [-0.25, -0.2) is 4.98 Å². The summed E-state index contributed by atoms with van der Waals surface area (Å²) in [5.74, 6) is -0.289. The highest BCUT2D eigenvalue weighted by Crippen LogP contribution is 2.41. The van der Waals surface area contributed by atoms with E-state index in [1.165, 1.54) is 13.0 Å². The van der Waals surface area contributed by atoms with Crippen LogP contribution in [0.1, 0.15) is 28.4 Å². The fourth-order valence-electron chi connectivity index (χ4n) is 2.97. The third-order valence-electron chi connectivity index (χ3n) is 4.18. The largest absolute Gasteiger partial charge is 0.418 e. The topological polar surface area (TPSA) is 42.0 Å². The quantitative estimate of drug-likeness (QED) is 0.378. The summed E-state index contributed by atoms with van der Waals surface area (Å²) in [7, 11) is 0. The Bertz CT molecular complexity index is 1040. The van der Waals surface area contributed by atoms with E-state index in [0.717, 1.165) is 23.4 Å². The number of benzene rings is 2. The molecule has 8 heteroatoms. The molecule has 0 atom stereocenters. The minimum atomic E-state index is -4.62. The van der Waals surface area contributed by atoms with Gasteiger partial charge < -0.3 is 5.32 Å². The van der Waals surface area contributed by atoms with Crippen molar-refractivity contribution in [3.8, 4) is 0 Å². The second-order valence-corrected chi connectivity index (χ2v) is 7.35. The van der Waals surface area contributed by atoms with Gasteiger partial charge in [-0.1, -0.05) is 41.9 Å². The molecule has 1 N–H and O–H groups in total. The number of rotatable bonds is 5. The van der Waals surface area contributed by atoms with Crippen LogP contribution in [0.25, 0.3) is 10.9 Å². The van der Waals surface area contributed by atoms with E-state index < -0.39 is 11.7 Å². The van der Waals surface area contributed by atoms with Crippen molar-refractivity contribution in [3.05, 3.63) is 64.2 Å². The zero-order chi connectivity index (χ0) is 20.5. The van der Waals surface area contributed by atoms with Gasteiger partial charge in [-0.15, -0.1) is 11.8 Å². The number of thioether (sulfide) groups is 1. The SMILES string of the molecule is CSc1nc2c(C(F)(F)F)cc(Cl)cc2c(NCc2ccccc2)c1C(C)=O. The number of aromatic nitrogens is 1. The predicted molar refractivity (Wildman–Crippen MR) is 107 cm³/mol. The molecule has 0 unspecified atom stereocenters. The summed E-state index contributed by atoms with van der Waals surface area (Å²) < 4.78 is 40.7. The summed E-state index contributed by atoms with van der Waals surface area (Å²) >= 11 is 7.10. The van der Waals surface area contributed by atoms with Gasteiger partial charge >= 0.3 is 6.18 Å². The summed E-state index contributed by atoms with van der Waals surface area (Å²) in [6.45, 7) is 1.70. The van der Waals surface area contributed by atoms with Crippen LogP contribution < -0.4 is 5.32 Å². The Morgan fingerprint density at radius 1 is 1.21 bits per heavy atom. The first-order valence-electron chi connectivity index (χ1n) is 8.29. The van der Waals surface area contributed by atoms with Crippen molar-refractivity contribution in [2.75, 3.05) is 11.6 Å². The molecule has 1 heterocycles. The van der Waals surface area contributed by atoms with Crippen LogP contribution in [0.3, 0.4) is 0 Å². The number of pyridine rings is 1. The molecule has 3 rings (SSSR count).